The van der Waals surface area contributed by atoms with E-state index < -0.39 is 0 Å². The number of H-pyrrole nitrogens is 1. The second-order valence-electron chi connectivity index (χ2n) is 8.59. The lowest BCUT2D eigenvalue weighted by atomic mass is 10.0. The number of nitrogens with two attached hydrogens (primary N) is 1. The Morgan fingerprint density at radius 2 is 2.03 bits per heavy atom. The Morgan fingerprint density at radius 3 is 2.86 bits per heavy atom. The normalized spacial score (nSPS) is 12.5. The third-order valence-corrected chi connectivity index (χ3v) is 7.41. The van der Waals surface area contributed by atoms with Crippen LogP contribution in [0.15, 0.2) is 61.1 Å². The fourth-order valence-electron chi connectivity index (χ4n) is 4.54. The molecule has 4 heterocycles. The third-order valence-electron chi connectivity index (χ3n) is 6.26. The Morgan fingerprint density at radius 1 is 1.17 bits per heavy atom. The van der Waals surface area contributed by atoms with Crippen LogP contribution in [-0.2, 0) is 16.1 Å². The van der Waals surface area contributed by atoms with E-state index in [1.54, 1.807) is 17.5 Å². The van der Waals surface area contributed by atoms with Crippen LogP contribution in [0.2, 0.25) is 0 Å². The molecule has 8 nitrogen and oxygen atoms in total. The number of anilines is 1. The van der Waals surface area contributed by atoms with Crippen LogP contribution in [-0.4, -0.2) is 37.8 Å². The number of aromatic nitrogens is 5. The molecular weight excluding hydrogens is 460 g/mol. The zero-order valence-corrected chi connectivity index (χ0v) is 20.0. The molecule has 0 aliphatic carbocycles. The van der Waals surface area contributed by atoms with Crippen molar-refractivity contribution in [2.45, 2.75) is 13.5 Å². The van der Waals surface area contributed by atoms with Crippen molar-refractivity contribution in [3.05, 3.63) is 61.1 Å². The van der Waals surface area contributed by atoms with E-state index in [2.05, 4.69) is 62.6 Å². The minimum absolute atomic E-state index is 0.201. The number of nitrogens with one attached hydrogen (secondary N) is 1. The van der Waals surface area contributed by atoms with E-state index in [1.165, 1.54) is 17.2 Å². The molecule has 9 heteroatoms. The lowest BCUT2D eigenvalue weighted by Crippen LogP contribution is -2.18. The number of hydrogen-bond donors (Lipinski definition) is 2. The number of rotatable bonds is 5. The molecule has 0 saturated heterocycles. The molecule has 1 atom stereocenters. The molecule has 0 spiro atoms. The van der Waals surface area contributed by atoms with Gasteiger partial charge in [0.1, 0.15) is 5.52 Å². The summed E-state index contributed by atoms with van der Waals surface area (Å²) in [4.78, 5) is 22.0. The smallest absolute Gasteiger partial charge is 0.310 e. The number of nitrogen functional groups attached to an aromatic ring is 1. The van der Waals surface area contributed by atoms with Gasteiger partial charge in [-0.05, 0) is 35.2 Å². The fourth-order valence-corrected chi connectivity index (χ4v) is 5.62. The highest BCUT2D eigenvalue weighted by molar-refractivity contribution is 7.22. The number of esters is 1. The number of aromatic amines is 1. The summed E-state index contributed by atoms with van der Waals surface area (Å²) in [7, 11) is 1.40. The van der Waals surface area contributed by atoms with Gasteiger partial charge in [0.2, 0.25) is 5.95 Å². The van der Waals surface area contributed by atoms with Crippen molar-refractivity contribution in [2.24, 2.45) is 5.92 Å². The maximum Gasteiger partial charge on any atom is 0.310 e. The van der Waals surface area contributed by atoms with Crippen LogP contribution >= 0.6 is 11.3 Å². The third kappa shape index (κ3) is 3.60. The zero-order valence-electron chi connectivity index (χ0n) is 19.1. The van der Waals surface area contributed by atoms with Crippen LogP contribution in [0.3, 0.4) is 0 Å². The summed E-state index contributed by atoms with van der Waals surface area (Å²) in [6.07, 6.45) is 5.54. The first kappa shape index (κ1) is 21.3. The number of ether oxygens (including phenoxy) is 1. The number of fused-ring (bicyclic) bond motifs is 3. The first-order chi connectivity index (χ1) is 17.0. The number of benzene rings is 2. The standard InChI is InChI=1S/C26H22N6O2S/c1-14(25(33)34-2)12-32-13-19(24-20(32)11-28-26(27)30-24)16-7-17-10-29-31-23(17)18(8-16)22-9-15-5-3-4-6-21(15)35-22/h3-11,13-14H,12H2,1-2H3,(H,29,31)(H2,27,28,30). The second kappa shape index (κ2) is 8.21. The minimum atomic E-state index is -0.327. The van der Waals surface area contributed by atoms with Crippen molar-refractivity contribution in [3.63, 3.8) is 0 Å². The SMILES string of the molecule is COC(=O)C(C)Cn1cc(-c2cc(-c3cc4ccccc4s3)c3[nH]ncc3c2)c2nc(N)ncc21. The molecule has 0 saturated carbocycles. The Hall–Kier alpha value is -4.24. The highest BCUT2D eigenvalue weighted by atomic mass is 32.1. The van der Waals surface area contributed by atoms with Crippen molar-refractivity contribution in [2.75, 3.05) is 12.8 Å². The summed E-state index contributed by atoms with van der Waals surface area (Å²) >= 11 is 1.75. The number of hydrogen-bond acceptors (Lipinski definition) is 7. The zero-order chi connectivity index (χ0) is 24.1. The quantitative estimate of drug-likeness (QED) is 0.325. The molecule has 1 unspecified atom stereocenters. The summed E-state index contributed by atoms with van der Waals surface area (Å²) in [5, 5.41) is 9.67. The molecule has 6 aromatic rings. The van der Waals surface area contributed by atoms with Crippen molar-refractivity contribution in [1.29, 1.82) is 0 Å². The number of carbonyl (C=O) groups is 1. The maximum atomic E-state index is 12.1. The van der Waals surface area contributed by atoms with Gasteiger partial charge in [-0.15, -0.1) is 11.3 Å². The highest BCUT2D eigenvalue weighted by Gasteiger charge is 2.20. The maximum absolute atomic E-state index is 12.1. The van der Waals surface area contributed by atoms with E-state index in [4.69, 9.17) is 10.5 Å². The van der Waals surface area contributed by atoms with E-state index in [9.17, 15) is 4.79 Å². The molecule has 4 aromatic heterocycles. The second-order valence-corrected chi connectivity index (χ2v) is 9.67. The molecule has 35 heavy (non-hydrogen) atoms. The molecule has 2 aromatic carbocycles. The van der Waals surface area contributed by atoms with Crippen LogP contribution in [0.1, 0.15) is 6.92 Å². The number of thiophene rings is 1. The average Bonchev–Trinajstić information content (AvgIpc) is 3.59. The van der Waals surface area contributed by atoms with Crippen LogP contribution in [0, 0.1) is 5.92 Å². The average molecular weight is 483 g/mol. The Balaban J connectivity index is 1.55. The molecule has 0 fully saturated rings. The first-order valence-electron chi connectivity index (χ1n) is 11.2. The van der Waals surface area contributed by atoms with Gasteiger partial charge in [-0.1, -0.05) is 25.1 Å². The van der Waals surface area contributed by atoms with Gasteiger partial charge in [0.15, 0.2) is 0 Å². The summed E-state index contributed by atoms with van der Waals surface area (Å²) in [6, 6.07) is 14.8. The minimum Gasteiger partial charge on any atom is -0.469 e. The van der Waals surface area contributed by atoms with Crippen molar-refractivity contribution in [1.82, 2.24) is 24.7 Å². The van der Waals surface area contributed by atoms with E-state index in [-0.39, 0.29) is 17.8 Å². The van der Waals surface area contributed by atoms with Crippen molar-refractivity contribution >= 4 is 55.3 Å². The largest absolute Gasteiger partial charge is 0.469 e. The first-order valence-corrected chi connectivity index (χ1v) is 12.0. The lowest BCUT2D eigenvalue weighted by Gasteiger charge is -2.11. The van der Waals surface area contributed by atoms with Crippen LogP contribution in [0.4, 0.5) is 5.95 Å². The molecule has 6 rings (SSSR count). The molecular formula is C26H22N6O2S. The molecule has 3 N–H and O–H groups in total. The molecule has 0 radical (unpaired) electrons. The van der Waals surface area contributed by atoms with Gasteiger partial charge < -0.3 is 15.0 Å². The van der Waals surface area contributed by atoms with Crippen molar-refractivity contribution < 1.29 is 9.53 Å². The number of methoxy groups -OCH3 is 1. The molecule has 174 valence electrons. The van der Waals surface area contributed by atoms with Gasteiger partial charge in [0.25, 0.3) is 0 Å². The Bertz CT molecular complexity index is 1700. The van der Waals surface area contributed by atoms with Crippen LogP contribution < -0.4 is 5.73 Å². The highest BCUT2D eigenvalue weighted by Crippen LogP contribution is 2.40. The lowest BCUT2D eigenvalue weighted by molar-refractivity contribution is -0.145. The predicted molar refractivity (Wildman–Crippen MR) is 139 cm³/mol. The van der Waals surface area contributed by atoms with E-state index in [0.29, 0.717) is 6.54 Å². The van der Waals surface area contributed by atoms with Gasteiger partial charge in [-0.25, -0.2) is 9.97 Å². The van der Waals surface area contributed by atoms with Crippen LogP contribution in [0.5, 0.6) is 0 Å². The summed E-state index contributed by atoms with van der Waals surface area (Å²) in [5.41, 5.74) is 11.5. The van der Waals surface area contributed by atoms with Crippen molar-refractivity contribution in [3.8, 4) is 21.6 Å². The predicted octanol–water partition coefficient (Wildman–Crippen LogP) is 5.25. The topological polar surface area (TPSA) is 112 Å². The summed E-state index contributed by atoms with van der Waals surface area (Å²) in [6.45, 7) is 2.28. The fraction of sp³-hybridized carbons (Fsp3) is 0.154. The van der Waals surface area contributed by atoms with Gasteiger partial charge >= 0.3 is 5.97 Å². The molecule has 0 amide bonds. The summed E-state index contributed by atoms with van der Waals surface area (Å²) in [5.74, 6) is -0.394. The van der Waals surface area contributed by atoms with Crippen LogP contribution in [0.25, 0.3) is 53.6 Å². The van der Waals surface area contributed by atoms with Gasteiger partial charge in [-0.3, -0.25) is 9.89 Å². The molecule has 0 aliphatic rings. The summed E-state index contributed by atoms with van der Waals surface area (Å²) < 4.78 is 8.14. The van der Waals surface area contributed by atoms with E-state index >= 15 is 0 Å². The van der Waals surface area contributed by atoms with Gasteiger partial charge in [-0.2, -0.15) is 5.10 Å². The Kier molecular flexibility index (Phi) is 5.00. The van der Waals surface area contributed by atoms with Gasteiger partial charge in [0.05, 0.1) is 36.5 Å². The molecule has 0 aliphatic heterocycles. The van der Waals surface area contributed by atoms with E-state index in [1.807, 2.05) is 23.9 Å². The molecule has 0 bridgehead atoms. The number of carbonyl (C=O) groups excluding carboxylic acids is 1. The number of nitrogens with zero attached hydrogens (tertiary/aromatic N) is 4. The Labute approximate surface area is 204 Å². The monoisotopic (exact) mass is 482 g/mol. The van der Waals surface area contributed by atoms with E-state index in [0.717, 1.165) is 43.5 Å². The van der Waals surface area contributed by atoms with Gasteiger partial charge in [0, 0.05) is 38.8 Å².